The Kier molecular flexibility index (Phi) is 7.17. The summed E-state index contributed by atoms with van der Waals surface area (Å²) in [6.45, 7) is 0. The molecule has 0 amide bonds. The summed E-state index contributed by atoms with van der Waals surface area (Å²) in [4.78, 5) is -1.86. The van der Waals surface area contributed by atoms with E-state index in [4.69, 9.17) is 13.3 Å². The first-order chi connectivity index (χ1) is 13.5. The topological polar surface area (TPSA) is 61.8 Å². The highest BCUT2D eigenvalue weighted by Gasteiger charge is 2.38. The highest BCUT2D eigenvalue weighted by molar-refractivity contribution is 7.90. The van der Waals surface area contributed by atoms with Crippen molar-refractivity contribution >= 4 is 18.6 Å². The summed E-state index contributed by atoms with van der Waals surface area (Å²) in [7, 11) is -3.54. The van der Waals surface area contributed by atoms with E-state index in [1.807, 2.05) is 0 Å². The first kappa shape index (κ1) is 23.4. The van der Waals surface area contributed by atoms with Gasteiger partial charge in [-0.3, -0.25) is 0 Å². The van der Waals surface area contributed by atoms with Gasteiger partial charge in [0.25, 0.3) is 0 Å². The van der Waals surface area contributed by atoms with Crippen molar-refractivity contribution in [3.63, 3.8) is 0 Å². The van der Waals surface area contributed by atoms with Gasteiger partial charge in [0.15, 0.2) is 33.1 Å². The Bertz CT molecular complexity index is 957. The molecule has 0 aliphatic carbocycles. The molecular weight excluding hydrogens is 439 g/mol. The van der Waals surface area contributed by atoms with Crippen LogP contribution >= 0.6 is 0 Å². The van der Waals surface area contributed by atoms with Crippen molar-refractivity contribution in [2.45, 2.75) is 16.7 Å². The molecule has 12 heteroatoms. The molecule has 0 saturated carbocycles. The van der Waals surface area contributed by atoms with Gasteiger partial charge in [-0.2, -0.15) is 0 Å². The summed E-state index contributed by atoms with van der Waals surface area (Å²) in [5, 5.41) is 0. The Hall–Kier alpha value is -1.86. The summed E-state index contributed by atoms with van der Waals surface area (Å²) < 4.78 is 108. The Morgan fingerprint density at radius 3 is 1.52 bits per heavy atom. The molecule has 0 saturated heterocycles. The van der Waals surface area contributed by atoms with E-state index in [-0.39, 0.29) is 11.6 Å². The molecule has 0 fully saturated rings. The highest BCUT2D eigenvalue weighted by Crippen LogP contribution is 2.29. The van der Waals surface area contributed by atoms with Gasteiger partial charge in [0.2, 0.25) is 5.82 Å². The van der Waals surface area contributed by atoms with E-state index in [1.165, 1.54) is 45.6 Å². The van der Waals surface area contributed by atoms with Crippen molar-refractivity contribution in [3.05, 3.63) is 64.5 Å². The maximum absolute atomic E-state index is 13.8. The molecule has 29 heavy (non-hydrogen) atoms. The number of hydrogen-bond donors (Lipinski definition) is 0. The van der Waals surface area contributed by atoms with Gasteiger partial charge in [-0.25, -0.2) is 30.4 Å². The van der Waals surface area contributed by atoms with Crippen molar-refractivity contribution in [2.24, 2.45) is 0 Å². The Labute approximate surface area is 165 Å². The van der Waals surface area contributed by atoms with Crippen LogP contribution in [0.5, 0.6) is 0 Å². The predicted molar refractivity (Wildman–Crippen MR) is 94.0 cm³/mol. The van der Waals surface area contributed by atoms with Crippen LogP contribution < -0.4 is 0 Å². The zero-order valence-corrected chi connectivity index (χ0v) is 17.4. The smallest absolute Gasteiger partial charge is 0.377 e. The van der Waals surface area contributed by atoms with Gasteiger partial charge in [-0.1, -0.05) is 24.3 Å². The Balaban J connectivity index is 2.33. The molecule has 0 aromatic heterocycles. The van der Waals surface area contributed by atoms with Crippen molar-refractivity contribution in [1.82, 2.24) is 0 Å². The molecule has 0 spiro atoms. The van der Waals surface area contributed by atoms with Crippen molar-refractivity contribution in [2.75, 3.05) is 21.3 Å². The molecular formula is C17H17F5O5SSi. The highest BCUT2D eigenvalue weighted by atomic mass is 32.2. The molecule has 0 N–H and O–H groups in total. The van der Waals surface area contributed by atoms with Crippen LogP contribution in [0.2, 0.25) is 0 Å². The normalized spacial score (nSPS) is 12.4. The number of sulfone groups is 1. The van der Waals surface area contributed by atoms with Crippen LogP contribution in [0, 0.1) is 29.1 Å². The molecule has 2 rings (SSSR count). The van der Waals surface area contributed by atoms with Crippen LogP contribution in [-0.4, -0.2) is 38.6 Å². The van der Waals surface area contributed by atoms with Crippen LogP contribution in [0.3, 0.4) is 0 Å². The minimum absolute atomic E-state index is 0.0807. The second kappa shape index (κ2) is 8.88. The monoisotopic (exact) mass is 456 g/mol. The zero-order chi connectivity index (χ0) is 22.0. The van der Waals surface area contributed by atoms with Crippen LogP contribution in [0.15, 0.2) is 29.2 Å². The molecule has 0 unspecified atom stereocenters. The second-order valence-electron chi connectivity index (χ2n) is 5.95. The van der Waals surface area contributed by atoms with E-state index in [1.54, 1.807) is 0 Å². The molecule has 0 bridgehead atoms. The average molecular weight is 456 g/mol. The first-order valence-electron chi connectivity index (χ1n) is 7.99. The lowest BCUT2D eigenvalue weighted by atomic mass is 10.2. The number of benzene rings is 2. The quantitative estimate of drug-likeness (QED) is 0.201. The average Bonchev–Trinajstić information content (AvgIpc) is 2.70. The third kappa shape index (κ3) is 4.66. The van der Waals surface area contributed by atoms with E-state index in [0.717, 1.165) is 0 Å². The van der Waals surface area contributed by atoms with Crippen molar-refractivity contribution in [1.29, 1.82) is 0 Å². The summed E-state index contributed by atoms with van der Waals surface area (Å²) in [5.41, 5.74) is 0.747. The summed E-state index contributed by atoms with van der Waals surface area (Å²) in [5.74, 6) is -12.8. The Morgan fingerprint density at radius 1 is 0.724 bits per heavy atom. The minimum atomic E-state index is -4.86. The molecule has 0 aliphatic heterocycles. The first-order valence-corrected chi connectivity index (χ1v) is 11.6. The van der Waals surface area contributed by atoms with Crippen LogP contribution in [0.25, 0.3) is 0 Å². The number of hydrogen-bond acceptors (Lipinski definition) is 5. The number of rotatable bonds is 8. The van der Waals surface area contributed by atoms with Gasteiger partial charge < -0.3 is 13.3 Å². The minimum Gasteiger partial charge on any atom is -0.377 e. The zero-order valence-electron chi connectivity index (χ0n) is 15.6. The molecule has 160 valence electrons. The summed E-state index contributed by atoms with van der Waals surface area (Å²) in [6.07, 6.45) is 0. The van der Waals surface area contributed by atoms with Gasteiger partial charge in [-0.15, -0.1) is 0 Å². The lowest BCUT2D eigenvalue weighted by molar-refractivity contribution is 0.122. The standard InChI is InChI=1S/C17H17F5O5SSi/c1-25-29(26-2,27-3)9-11-6-4-10(5-7-11)8-28(23,24)17-15(21)13(19)12(18)14(20)16(17)22/h4-7H,8-9H2,1-3H3. The maximum Gasteiger partial charge on any atom is 0.504 e. The van der Waals surface area contributed by atoms with E-state index >= 15 is 0 Å². The van der Waals surface area contributed by atoms with Crippen LogP contribution in [-0.2, 0) is 34.9 Å². The summed E-state index contributed by atoms with van der Waals surface area (Å²) >= 11 is 0. The maximum atomic E-state index is 13.8. The van der Waals surface area contributed by atoms with Crippen molar-refractivity contribution in [3.8, 4) is 0 Å². The van der Waals surface area contributed by atoms with Gasteiger partial charge in [0.1, 0.15) is 4.90 Å². The van der Waals surface area contributed by atoms with Gasteiger partial charge >= 0.3 is 8.80 Å². The van der Waals surface area contributed by atoms with E-state index in [9.17, 15) is 30.4 Å². The van der Waals surface area contributed by atoms with Crippen LogP contribution in [0.1, 0.15) is 11.1 Å². The summed E-state index contributed by atoms with van der Waals surface area (Å²) in [6, 6.07) is 5.99. The predicted octanol–water partition coefficient (Wildman–Crippen LogP) is 3.32. The molecule has 2 aromatic carbocycles. The molecule has 0 radical (unpaired) electrons. The van der Waals surface area contributed by atoms with Gasteiger partial charge in [0.05, 0.1) is 5.75 Å². The van der Waals surface area contributed by atoms with E-state index in [2.05, 4.69) is 0 Å². The largest absolute Gasteiger partial charge is 0.504 e. The molecule has 5 nitrogen and oxygen atoms in total. The lowest BCUT2D eigenvalue weighted by Gasteiger charge is -2.24. The third-order valence-corrected chi connectivity index (χ3v) is 8.61. The SMILES string of the molecule is CO[Si](Cc1ccc(CS(=O)(=O)c2c(F)c(F)c(F)c(F)c2F)cc1)(OC)OC. The molecule has 2 aromatic rings. The van der Waals surface area contributed by atoms with Gasteiger partial charge in [-0.05, 0) is 11.1 Å². The second-order valence-corrected chi connectivity index (χ2v) is 10.8. The van der Waals surface area contributed by atoms with Crippen molar-refractivity contribution < 1.29 is 43.6 Å². The van der Waals surface area contributed by atoms with E-state index in [0.29, 0.717) is 5.56 Å². The van der Waals surface area contributed by atoms with Gasteiger partial charge in [0, 0.05) is 27.4 Å². The van der Waals surface area contributed by atoms with E-state index < -0.39 is 58.4 Å². The van der Waals surface area contributed by atoms with Crippen LogP contribution in [0.4, 0.5) is 22.0 Å². The number of halogens is 5. The lowest BCUT2D eigenvalue weighted by Crippen LogP contribution is -2.45. The Morgan fingerprint density at radius 2 is 1.10 bits per heavy atom. The fourth-order valence-corrected chi connectivity index (χ4v) is 5.79. The molecule has 0 aliphatic rings. The fraction of sp³-hybridized carbons (Fsp3) is 0.294. The fourth-order valence-electron chi connectivity index (χ4n) is 2.62. The molecule has 0 heterocycles. The molecule has 0 atom stereocenters. The third-order valence-electron chi connectivity index (χ3n) is 4.21.